The number of benzene rings is 8. The molecule has 8 aromatic carbocycles. The van der Waals surface area contributed by atoms with Gasteiger partial charge in [-0.25, -0.2) is 0 Å². The molecule has 0 aliphatic heterocycles. The van der Waals surface area contributed by atoms with Crippen LogP contribution < -0.4 is 0 Å². The van der Waals surface area contributed by atoms with Crippen molar-refractivity contribution in [1.82, 2.24) is 0 Å². The van der Waals surface area contributed by atoms with Crippen LogP contribution in [0.3, 0.4) is 0 Å². The Kier molecular flexibility index (Phi) is 5.05. The van der Waals surface area contributed by atoms with Crippen LogP contribution in [0.2, 0.25) is 0 Å². The van der Waals surface area contributed by atoms with Gasteiger partial charge >= 0.3 is 0 Å². The Morgan fingerprint density at radius 1 is 0.326 bits per heavy atom. The minimum atomic E-state index is -0.0110. The number of hydrogen-bond acceptors (Lipinski definition) is 0. The van der Waals surface area contributed by atoms with E-state index in [2.05, 4.69) is 159 Å². The van der Waals surface area contributed by atoms with Crippen molar-refractivity contribution in [2.45, 2.75) is 19.3 Å². The van der Waals surface area contributed by atoms with Crippen LogP contribution in [0.4, 0.5) is 0 Å². The van der Waals surface area contributed by atoms with Gasteiger partial charge in [-0.2, -0.15) is 0 Å². The second kappa shape index (κ2) is 8.90. The van der Waals surface area contributed by atoms with Gasteiger partial charge in [0.2, 0.25) is 0 Å². The molecule has 0 atom stereocenters. The molecular formula is C43H30. The van der Waals surface area contributed by atoms with Crippen LogP contribution in [0, 0.1) is 0 Å². The second-order valence-electron chi connectivity index (χ2n) is 12.6. The molecule has 0 unspecified atom stereocenters. The summed E-state index contributed by atoms with van der Waals surface area (Å²) in [5.41, 5.74) is 10.6. The topological polar surface area (TPSA) is 0 Å². The van der Waals surface area contributed by atoms with Gasteiger partial charge in [0, 0.05) is 5.41 Å². The maximum absolute atomic E-state index is 2.47. The lowest BCUT2D eigenvalue weighted by Gasteiger charge is -2.22. The van der Waals surface area contributed by atoms with E-state index in [1.54, 1.807) is 0 Å². The molecule has 0 heteroatoms. The zero-order chi connectivity index (χ0) is 28.7. The third-order valence-corrected chi connectivity index (χ3v) is 9.82. The smallest absolute Gasteiger partial charge is 0.0159 e. The first-order valence-electron chi connectivity index (χ1n) is 15.2. The quantitative estimate of drug-likeness (QED) is 0.189. The average molecular weight is 547 g/mol. The van der Waals surface area contributed by atoms with Crippen LogP contribution in [0.15, 0.2) is 146 Å². The van der Waals surface area contributed by atoms with Crippen molar-refractivity contribution in [3.05, 3.63) is 157 Å². The third kappa shape index (κ3) is 3.63. The zero-order valence-electron chi connectivity index (χ0n) is 24.4. The fourth-order valence-corrected chi connectivity index (χ4v) is 7.49. The number of rotatable bonds is 2. The van der Waals surface area contributed by atoms with Crippen molar-refractivity contribution >= 4 is 43.1 Å². The lowest BCUT2D eigenvalue weighted by Crippen LogP contribution is -2.14. The molecule has 9 rings (SSSR count). The molecule has 202 valence electrons. The molecule has 0 saturated heterocycles. The first-order chi connectivity index (χ1) is 21.0. The van der Waals surface area contributed by atoms with Crippen LogP contribution in [0.25, 0.3) is 76.5 Å². The van der Waals surface area contributed by atoms with Gasteiger partial charge in [0.15, 0.2) is 0 Å². The summed E-state index contributed by atoms with van der Waals surface area (Å²) in [6.07, 6.45) is 0. The molecule has 8 aromatic rings. The summed E-state index contributed by atoms with van der Waals surface area (Å²) in [6, 6.07) is 54.2. The predicted molar refractivity (Wildman–Crippen MR) is 185 cm³/mol. The van der Waals surface area contributed by atoms with Gasteiger partial charge in [0.1, 0.15) is 0 Å². The number of hydrogen-bond donors (Lipinski definition) is 0. The van der Waals surface area contributed by atoms with Gasteiger partial charge in [-0.15, -0.1) is 0 Å². The zero-order valence-corrected chi connectivity index (χ0v) is 24.4. The van der Waals surface area contributed by atoms with Crippen LogP contribution in [-0.4, -0.2) is 0 Å². The van der Waals surface area contributed by atoms with Crippen LogP contribution >= 0.6 is 0 Å². The summed E-state index contributed by atoms with van der Waals surface area (Å²) in [5, 5.41) is 10.4. The molecule has 1 aliphatic carbocycles. The first-order valence-corrected chi connectivity index (χ1v) is 15.2. The highest BCUT2D eigenvalue weighted by atomic mass is 14.4. The van der Waals surface area contributed by atoms with E-state index >= 15 is 0 Å². The molecule has 0 amide bonds. The summed E-state index contributed by atoms with van der Waals surface area (Å²) >= 11 is 0. The van der Waals surface area contributed by atoms with Gasteiger partial charge in [-0.1, -0.05) is 129 Å². The molecule has 0 heterocycles. The van der Waals surface area contributed by atoms with Crippen molar-refractivity contribution in [3.8, 4) is 33.4 Å². The van der Waals surface area contributed by atoms with Crippen LogP contribution in [-0.2, 0) is 5.41 Å². The highest BCUT2D eigenvalue weighted by Gasteiger charge is 2.35. The fourth-order valence-electron chi connectivity index (χ4n) is 7.49. The fraction of sp³-hybridized carbons (Fsp3) is 0.0698. The SMILES string of the molecule is CC1(C)c2ccccc2-c2cc3ccc4ccc(-c5ccc6c(ccc7cc(-c8ccccc8)ccc76)c5)cc4c3cc21. The molecule has 0 N–H and O–H groups in total. The molecule has 0 fully saturated rings. The second-order valence-corrected chi connectivity index (χ2v) is 12.6. The Hall–Kier alpha value is -5.20. The monoisotopic (exact) mass is 546 g/mol. The standard InChI is InChI=1S/C43H30/c1-43(2)41-11-7-6-10-37(41)40-25-34-15-13-28-12-14-31(24-38(28)39(34)26-42(40)43)30-19-21-36-33(23-30)17-16-32-22-29(18-20-35(32)36)27-8-4-3-5-9-27/h3-26H,1-2H3. The molecule has 0 saturated carbocycles. The molecule has 0 bridgehead atoms. The third-order valence-electron chi connectivity index (χ3n) is 9.82. The summed E-state index contributed by atoms with van der Waals surface area (Å²) < 4.78 is 0. The van der Waals surface area contributed by atoms with E-state index < -0.39 is 0 Å². The predicted octanol–water partition coefficient (Wildman–Crippen LogP) is 11.9. The van der Waals surface area contributed by atoms with Gasteiger partial charge < -0.3 is 0 Å². The maximum Gasteiger partial charge on any atom is 0.0159 e. The van der Waals surface area contributed by atoms with E-state index in [-0.39, 0.29) is 5.41 Å². The van der Waals surface area contributed by atoms with Gasteiger partial charge in [0.05, 0.1) is 0 Å². The van der Waals surface area contributed by atoms with E-state index in [9.17, 15) is 0 Å². The highest BCUT2D eigenvalue weighted by Crippen LogP contribution is 2.50. The molecule has 0 aromatic heterocycles. The van der Waals surface area contributed by atoms with Gasteiger partial charge in [-0.3, -0.25) is 0 Å². The largest absolute Gasteiger partial charge is 0.0622 e. The maximum atomic E-state index is 2.47. The minimum Gasteiger partial charge on any atom is -0.0622 e. The minimum absolute atomic E-state index is 0.0110. The van der Waals surface area contributed by atoms with E-state index in [1.807, 2.05) is 0 Å². The van der Waals surface area contributed by atoms with Crippen molar-refractivity contribution in [2.24, 2.45) is 0 Å². The summed E-state index contributed by atoms with van der Waals surface area (Å²) in [4.78, 5) is 0. The molecule has 0 nitrogen and oxygen atoms in total. The van der Waals surface area contributed by atoms with Crippen molar-refractivity contribution < 1.29 is 0 Å². The summed E-state index contributed by atoms with van der Waals surface area (Å²) in [6.45, 7) is 4.72. The van der Waals surface area contributed by atoms with E-state index in [0.29, 0.717) is 0 Å². The normalized spacial score (nSPS) is 13.5. The highest BCUT2D eigenvalue weighted by molar-refractivity contribution is 6.12. The van der Waals surface area contributed by atoms with Crippen molar-refractivity contribution in [1.29, 1.82) is 0 Å². The Morgan fingerprint density at radius 2 is 0.860 bits per heavy atom. The van der Waals surface area contributed by atoms with Gasteiger partial charge in [-0.05, 0) is 118 Å². The van der Waals surface area contributed by atoms with E-state index in [4.69, 9.17) is 0 Å². The van der Waals surface area contributed by atoms with Crippen molar-refractivity contribution in [2.75, 3.05) is 0 Å². The summed E-state index contributed by atoms with van der Waals surface area (Å²) in [5.74, 6) is 0. The van der Waals surface area contributed by atoms with Crippen molar-refractivity contribution in [3.63, 3.8) is 0 Å². The molecule has 0 radical (unpaired) electrons. The first kappa shape index (κ1) is 24.4. The number of fused-ring (bicyclic) bond motifs is 9. The lowest BCUT2D eigenvalue weighted by atomic mass is 9.81. The van der Waals surface area contributed by atoms with Crippen LogP contribution in [0.1, 0.15) is 25.0 Å². The summed E-state index contributed by atoms with van der Waals surface area (Å²) in [7, 11) is 0. The van der Waals surface area contributed by atoms with Gasteiger partial charge in [0.25, 0.3) is 0 Å². The van der Waals surface area contributed by atoms with E-state index in [1.165, 1.54) is 87.6 Å². The average Bonchev–Trinajstić information content (AvgIpc) is 3.29. The van der Waals surface area contributed by atoms with Crippen LogP contribution in [0.5, 0.6) is 0 Å². The molecule has 1 aliphatic rings. The molecule has 0 spiro atoms. The Bertz CT molecular complexity index is 2410. The Labute approximate surface area is 251 Å². The molecular weight excluding hydrogens is 516 g/mol. The Morgan fingerprint density at radius 3 is 1.60 bits per heavy atom. The molecule has 43 heavy (non-hydrogen) atoms. The Balaban J connectivity index is 1.17. The lowest BCUT2D eigenvalue weighted by molar-refractivity contribution is 0.661. The van der Waals surface area contributed by atoms with E-state index in [0.717, 1.165) is 0 Å².